The van der Waals surface area contributed by atoms with E-state index in [1.165, 1.54) is 6.21 Å². The van der Waals surface area contributed by atoms with Gasteiger partial charge in [-0.15, -0.1) is 5.16 Å². The smallest absolute Gasteiger partial charge is 0.0438 e. The average molecular weight is 86.1 g/mol. The lowest BCUT2D eigenvalue weighted by molar-refractivity contribution is 0.320. The summed E-state index contributed by atoms with van der Waals surface area (Å²) in [7, 11) is 0. The highest BCUT2D eigenvalue weighted by atomic mass is 16.4. The fourth-order valence-corrected chi connectivity index (χ4v) is 0.153. The summed E-state index contributed by atoms with van der Waals surface area (Å²) < 4.78 is 0. The third-order valence-electron chi connectivity index (χ3n) is 0.423. The minimum Gasteiger partial charge on any atom is -0.411 e. The number of nitrogens with zero attached hydrogens (tertiary/aromatic N) is 1. The number of rotatable bonds is 2. The molecule has 0 amide bonds. The highest BCUT2D eigenvalue weighted by Gasteiger charge is 1.68. The van der Waals surface area contributed by atoms with Gasteiger partial charge in [-0.25, -0.2) is 0 Å². The molecule has 0 aromatic carbocycles. The molecule has 0 aromatic heterocycles. The van der Waals surface area contributed by atoms with Crippen molar-refractivity contribution in [2.75, 3.05) is 0 Å². The van der Waals surface area contributed by atoms with Gasteiger partial charge in [0.25, 0.3) is 0 Å². The van der Waals surface area contributed by atoms with Crippen molar-refractivity contribution < 1.29 is 5.21 Å². The molecule has 0 unspecified atom stereocenters. The van der Waals surface area contributed by atoms with Gasteiger partial charge in [0.15, 0.2) is 0 Å². The Labute approximate surface area is 37.5 Å². The topological polar surface area (TPSA) is 32.6 Å². The van der Waals surface area contributed by atoms with Gasteiger partial charge in [-0.3, -0.25) is 0 Å². The van der Waals surface area contributed by atoms with Crippen LogP contribution in [0.25, 0.3) is 0 Å². The molecule has 0 aliphatic rings. The van der Waals surface area contributed by atoms with Crippen LogP contribution in [0.1, 0.15) is 13.3 Å². The van der Waals surface area contributed by atoms with Gasteiger partial charge in [-0.05, 0) is 12.8 Å². The standard InChI is InChI=1S/C4H8NO/c1-2-3-4-5-6/h2,4,6H,3H2,1H3. The van der Waals surface area contributed by atoms with E-state index in [0.717, 1.165) is 6.42 Å². The predicted molar refractivity (Wildman–Crippen MR) is 24.9 cm³/mol. The van der Waals surface area contributed by atoms with Crippen LogP contribution in [-0.4, -0.2) is 11.4 Å². The maximum Gasteiger partial charge on any atom is 0.0438 e. The van der Waals surface area contributed by atoms with Gasteiger partial charge in [-0.1, -0.05) is 6.92 Å². The van der Waals surface area contributed by atoms with Crippen molar-refractivity contribution in [3.05, 3.63) is 6.42 Å². The molecule has 0 fully saturated rings. The summed E-state index contributed by atoms with van der Waals surface area (Å²) in [6.45, 7) is 1.90. The Morgan fingerprint density at radius 1 is 1.83 bits per heavy atom. The first kappa shape index (κ1) is 5.47. The maximum atomic E-state index is 7.75. The fraction of sp³-hybridized carbons (Fsp3) is 0.500. The van der Waals surface area contributed by atoms with E-state index in [1.54, 1.807) is 0 Å². The van der Waals surface area contributed by atoms with Crippen molar-refractivity contribution in [1.82, 2.24) is 0 Å². The number of hydrogen-bond acceptors (Lipinski definition) is 2. The molecule has 2 heteroatoms. The van der Waals surface area contributed by atoms with Crippen molar-refractivity contribution >= 4 is 6.21 Å². The van der Waals surface area contributed by atoms with Crippen LogP contribution < -0.4 is 0 Å². The molecule has 0 atom stereocenters. The summed E-state index contributed by atoms with van der Waals surface area (Å²) in [5.41, 5.74) is 0. The van der Waals surface area contributed by atoms with Crippen LogP contribution in [-0.2, 0) is 0 Å². The molecule has 0 aliphatic carbocycles. The molecular formula is C4H8NO. The van der Waals surface area contributed by atoms with Crippen molar-refractivity contribution in [3.63, 3.8) is 0 Å². The van der Waals surface area contributed by atoms with E-state index >= 15 is 0 Å². The fourth-order valence-electron chi connectivity index (χ4n) is 0.153. The van der Waals surface area contributed by atoms with Crippen LogP contribution in [0, 0.1) is 6.42 Å². The van der Waals surface area contributed by atoms with Gasteiger partial charge in [0.1, 0.15) is 0 Å². The highest BCUT2D eigenvalue weighted by Crippen LogP contribution is 1.75. The Kier molecular flexibility index (Phi) is 4.08. The molecule has 0 bridgehead atoms. The van der Waals surface area contributed by atoms with Crippen molar-refractivity contribution in [2.24, 2.45) is 5.16 Å². The Bertz CT molecular complexity index is 42.8. The van der Waals surface area contributed by atoms with Crippen LogP contribution in [0.3, 0.4) is 0 Å². The van der Waals surface area contributed by atoms with Gasteiger partial charge in [0, 0.05) is 6.21 Å². The zero-order valence-corrected chi connectivity index (χ0v) is 3.76. The van der Waals surface area contributed by atoms with Crippen LogP contribution >= 0.6 is 0 Å². The van der Waals surface area contributed by atoms with Crippen molar-refractivity contribution in [1.29, 1.82) is 0 Å². The van der Waals surface area contributed by atoms with Gasteiger partial charge in [-0.2, -0.15) is 0 Å². The number of unbranched alkanes of at least 4 members (excludes halogenated alkanes) is 1. The van der Waals surface area contributed by atoms with Crippen LogP contribution in [0.5, 0.6) is 0 Å². The molecular weight excluding hydrogens is 78.0 g/mol. The largest absolute Gasteiger partial charge is 0.411 e. The Morgan fingerprint density at radius 2 is 2.50 bits per heavy atom. The van der Waals surface area contributed by atoms with E-state index in [0.29, 0.717) is 0 Å². The predicted octanol–water partition coefficient (Wildman–Crippen LogP) is 1.06. The monoisotopic (exact) mass is 86.1 g/mol. The molecule has 35 valence electrons. The quantitative estimate of drug-likeness (QED) is 0.304. The second kappa shape index (κ2) is 4.47. The van der Waals surface area contributed by atoms with Crippen LogP contribution in [0.15, 0.2) is 5.16 Å². The molecule has 2 nitrogen and oxygen atoms in total. The Hall–Kier alpha value is -0.530. The Morgan fingerprint density at radius 3 is 2.67 bits per heavy atom. The molecule has 0 saturated heterocycles. The second-order valence-electron chi connectivity index (χ2n) is 0.942. The lowest BCUT2D eigenvalue weighted by Crippen LogP contribution is -1.69. The average Bonchev–Trinajstić information content (AvgIpc) is 1.61. The molecule has 1 N–H and O–H groups in total. The van der Waals surface area contributed by atoms with Crippen LogP contribution in [0.4, 0.5) is 0 Å². The van der Waals surface area contributed by atoms with E-state index in [4.69, 9.17) is 5.21 Å². The first-order chi connectivity index (χ1) is 2.91. The SMILES string of the molecule is C[CH]CC=NO. The first-order valence-electron chi connectivity index (χ1n) is 1.85. The molecule has 0 heterocycles. The van der Waals surface area contributed by atoms with Gasteiger partial charge in [0.2, 0.25) is 0 Å². The summed E-state index contributed by atoms with van der Waals surface area (Å²) in [6.07, 6.45) is 4.08. The second-order valence-corrected chi connectivity index (χ2v) is 0.942. The number of oxime groups is 1. The van der Waals surface area contributed by atoms with Gasteiger partial charge < -0.3 is 5.21 Å². The van der Waals surface area contributed by atoms with Gasteiger partial charge >= 0.3 is 0 Å². The van der Waals surface area contributed by atoms with E-state index in [9.17, 15) is 0 Å². The summed E-state index contributed by atoms with van der Waals surface area (Å²) in [5, 5.41) is 10.5. The van der Waals surface area contributed by atoms with E-state index in [-0.39, 0.29) is 0 Å². The third-order valence-corrected chi connectivity index (χ3v) is 0.423. The highest BCUT2D eigenvalue weighted by molar-refractivity contribution is 5.57. The third kappa shape index (κ3) is 3.47. The first-order valence-corrected chi connectivity index (χ1v) is 1.85. The lowest BCUT2D eigenvalue weighted by atomic mass is 10.4. The maximum absolute atomic E-state index is 7.75. The minimum absolute atomic E-state index is 0.747. The summed E-state index contributed by atoms with van der Waals surface area (Å²) >= 11 is 0. The molecule has 0 rings (SSSR count). The number of hydrogen-bond donors (Lipinski definition) is 1. The summed E-state index contributed by atoms with van der Waals surface area (Å²) in [5.74, 6) is 0. The summed E-state index contributed by atoms with van der Waals surface area (Å²) in [4.78, 5) is 0. The minimum atomic E-state index is 0.747. The normalized spacial score (nSPS) is 10.2. The van der Waals surface area contributed by atoms with E-state index in [1.807, 2.05) is 13.3 Å². The van der Waals surface area contributed by atoms with E-state index in [2.05, 4.69) is 5.16 Å². The molecule has 0 aliphatic heterocycles. The summed E-state index contributed by atoms with van der Waals surface area (Å²) in [6, 6.07) is 0. The zero-order chi connectivity index (χ0) is 4.83. The zero-order valence-electron chi connectivity index (χ0n) is 3.76. The Balaban J connectivity index is 2.66. The molecule has 0 saturated carbocycles. The molecule has 0 spiro atoms. The van der Waals surface area contributed by atoms with E-state index < -0.39 is 0 Å². The van der Waals surface area contributed by atoms with Crippen molar-refractivity contribution in [3.8, 4) is 0 Å². The van der Waals surface area contributed by atoms with Gasteiger partial charge in [0.05, 0.1) is 0 Å². The van der Waals surface area contributed by atoms with Crippen molar-refractivity contribution in [2.45, 2.75) is 13.3 Å². The lowest BCUT2D eigenvalue weighted by Gasteiger charge is -1.74. The molecule has 6 heavy (non-hydrogen) atoms. The molecule has 0 aromatic rings. The molecule has 1 radical (unpaired) electrons. The van der Waals surface area contributed by atoms with Crippen LogP contribution in [0.2, 0.25) is 0 Å².